The van der Waals surface area contributed by atoms with Gasteiger partial charge in [0, 0.05) is 30.2 Å². The third-order valence-corrected chi connectivity index (χ3v) is 5.08. The zero-order valence-corrected chi connectivity index (χ0v) is 14.6. The molecule has 3 aromatic rings. The number of carbonyl (C=O) groups excluding carboxylic acids is 1. The number of methoxy groups -OCH3 is 1. The molecule has 1 saturated heterocycles. The highest BCUT2D eigenvalue weighted by atomic mass is 16.5. The molecule has 0 atom stereocenters. The number of nitrogens with one attached hydrogen (secondary N) is 1. The van der Waals surface area contributed by atoms with Crippen LogP contribution in [0, 0.1) is 0 Å². The Morgan fingerprint density at radius 3 is 2.69 bits per heavy atom. The van der Waals surface area contributed by atoms with Gasteiger partial charge < -0.3 is 20.4 Å². The Morgan fingerprint density at radius 1 is 1.23 bits per heavy atom. The Labute approximate surface area is 151 Å². The summed E-state index contributed by atoms with van der Waals surface area (Å²) in [6.07, 6.45) is 4.18. The number of carbonyl (C=O) groups is 1. The fourth-order valence-electron chi connectivity index (χ4n) is 3.63. The third-order valence-electron chi connectivity index (χ3n) is 5.08. The van der Waals surface area contributed by atoms with Crippen LogP contribution in [0.4, 0.5) is 5.82 Å². The second-order valence-corrected chi connectivity index (χ2v) is 6.56. The normalized spacial score (nSPS) is 15.3. The van der Waals surface area contributed by atoms with Gasteiger partial charge in [0.05, 0.1) is 7.11 Å². The lowest BCUT2D eigenvalue weighted by Crippen LogP contribution is -2.33. The molecule has 0 aliphatic carbocycles. The number of aromatic amines is 1. The molecule has 1 amide bonds. The summed E-state index contributed by atoms with van der Waals surface area (Å²) >= 11 is 0. The second kappa shape index (κ2) is 6.67. The minimum Gasteiger partial charge on any atom is -0.497 e. The number of nitrogens with two attached hydrogens (primary N) is 1. The van der Waals surface area contributed by atoms with Crippen LogP contribution in [0.3, 0.4) is 0 Å². The summed E-state index contributed by atoms with van der Waals surface area (Å²) in [4.78, 5) is 16.7. The molecule has 1 aromatic carbocycles. The first-order valence-electron chi connectivity index (χ1n) is 8.69. The average molecular weight is 351 g/mol. The summed E-state index contributed by atoms with van der Waals surface area (Å²) in [6, 6.07) is 9.57. The molecule has 1 aliphatic heterocycles. The molecule has 7 heteroatoms. The standard InChI is InChI=1S/C19H21N5O2/c1-26-13-2-3-16-14(10-13)15(11-21-16)12-6-8-24(9-7-12)18-5-4-17(19(20)25)22-23-18/h2-5,10-12,21H,6-9H2,1H3,(H2,20,25). The molecule has 0 bridgehead atoms. The van der Waals surface area contributed by atoms with E-state index in [1.165, 1.54) is 10.9 Å². The van der Waals surface area contributed by atoms with Gasteiger partial charge in [0.1, 0.15) is 5.75 Å². The molecule has 1 fully saturated rings. The molecular weight excluding hydrogens is 330 g/mol. The first-order chi connectivity index (χ1) is 12.7. The molecule has 2 aromatic heterocycles. The van der Waals surface area contributed by atoms with Gasteiger partial charge in [-0.05, 0) is 54.7 Å². The molecule has 3 heterocycles. The summed E-state index contributed by atoms with van der Waals surface area (Å²) in [5.74, 6) is 1.59. The van der Waals surface area contributed by atoms with Crippen molar-refractivity contribution in [2.24, 2.45) is 5.73 Å². The molecule has 134 valence electrons. The highest BCUT2D eigenvalue weighted by molar-refractivity contribution is 5.90. The van der Waals surface area contributed by atoms with Crippen LogP contribution in [-0.2, 0) is 0 Å². The predicted molar refractivity (Wildman–Crippen MR) is 99.6 cm³/mol. The molecule has 3 N–H and O–H groups in total. The van der Waals surface area contributed by atoms with Crippen molar-refractivity contribution >= 4 is 22.6 Å². The van der Waals surface area contributed by atoms with Crippen molar-refractivity contribution in [1.82, 2.24) is 15.2 Å². The van der Waals surface area contributed by atoms with Crippen molar-refractivity contribution in [3.8, 4) is 5.75 Å². The van der Waals surface area contributed by atoms with Gasteiger partial charge in [0.2, 0.25) is 0 Å². The van der Waals surface area contributed by atoms with Crippen molar-refractivity contribution in [3.05, 3.63) is 47.8 Å². The number of aromatic nitrogens is 3. The predicted octanol–water partition coefficient (Wildman–Crippen LogP) is 2.45. The van der Waals surface area contributed by atoms with Crippen LogP contribution in [0.15, 0.2) is 36.5 Å². The number of ether oxygens (including phenoxy) is 1. The van der Waals surface area contributed by atoms with E-state index < -0.39 is 5.91 Å². The van der Waals surface area contributed by atoms with Gasteiger partial charge in [-0.15, -0.1) is 10.2 Å². The van der Waals surface area contributed by atoms with E-state index in [4.69, 9.17) is 10.5 Å². The van der Waals surface area contributed by atoms with Crippen LogP contribution in [0.1, 0.15) is 34.8 Å². The summed E-state index contributed by atoms with van der Waals surface area (Å²) < 4.78 is 5.37. The maximum Gasteiger partial charge on any atom is 0.269 e. The van der Waals surface area contributed by atoms with Crippen LogP contribution in [0.25, 0.3) is 10.9 Å². The van der Waals surface area contributed by atoms with Crippen LogP contribution in [0.2, 0.25) is 0 Å². The van der Waals surface area contributed by atoms with Crippen molar-refractivity contribution in [2.75, 3.05) is 25.1 Å². The first kappa shape index (κ1) is 16.4. The fraction of sp³-hybridized carbons (Fsp3) is 0.316. The van der Waals surface area contributed by atoms with Gasteiger partial charge in [-0.2, -0.15) is 0 Å². The molecule has 7 nitrogen and oxygen atoms in total. The van der Waals surface area contributed by atoms with E-state index in [2.05, 4.69) is 38.4 Å². The number of amides is 1. The summed E-state index contributed by atoms with van der Waals surface area (Å²) in [5.41, 5.74) is 7.88. The lowest BCUT2D eigenvalue weighted by Gasteiger charge is -2.32. The number of anilines is 1. The molecule has 26 heavy (non-hydrogen) atoms. The van der Waals surface area contributed by atoms with Gasteiger partial charge in [-0.3, -0.25) is 4.79 Å². The van der Waals surface area contributed by atoms with E-state index >= 15 is 0 Å². The fourth-order valence-corrected chi connectivity index (χ4v) is 3.63. The third kappa shape index (κ3) is 2.96. The smallest absolute Gasteiger partial charge is 0.269 e. The van der Waals surface area contributed by atoms with E-state index in [1.54, 1.807) is 13.2 Å². The van der Waals surface area contributed by atoms with Crippen molar-refractivity contribution in [2.45, 2.75) is 18.8 Å². The number of hydrogen-bond donors (Lipinski definition) is 2. The zero-order chi connectivity index (χ0) is 18.1. The van der Waals surface area contributed by atoms with E-state index in [1.807, 2.05) is 12.1 Å². The topological polar surface area (TPSA) is 97.1 Å². The zero-order valence-electron chi connectivity index (χ0n) is 14.6. The van der Waals surface area contributed by atoms with Crippen molar-refractivity contribution in [1.29, 1.82) is 0 Å². The van der Waals surface area contributed by atoms with Crippen molar-refractivity contribution in [3.63, 3.8) is 0 Å². The highest BCUT2D eigenvalue weighted by Gasteiger charge is 2.24. The van der Waals surface area contributed by atoms with Crippen LogP contribution in [0.5, 0.6) is 5.75 Å². The molecule has 1 aliphatic rings. The van der Waals surface area contributed by atoms with E-state index in [0.717, 1.165) is 43.0 Å². The van der Waals surface area contributed by atoms with Gasteiger partial charge in [0.25, 0.3) is 5.91 Å². The Morgan fingerprint density at radius 2 is 2.04 bits per heavy atom. The second-order valence-electron chi connectivity index (χ2n) is 6.56. The molecule has 0 spiro atoms. The van der Waals surface area contributed by atoms with Crippen LogP contribution < -0.4 is 15.4 Å². The average Bonchev–Trinajstić information content (AvgIpc) is 3.11. The maximum atomic E-state index is 11.1. The molecular formula is C19H21N5O2. The minimum atomic E-state index is -0.558. The quantitative estimate of drug-likeness (QED) is 0.752. The lowest BCUT2D eigenvalue weighted by atomic mass is 9.89. The summed E-state index contributed by atoms with van der Waals surface area (Å²) in [6.45, 7) is 1.79. The van der Waals surface area contributed by atoms with Gasteiger partial charge >= 0.3 is 0 Å². The molecule has 0 saturated carbocycles. The van der Waals surface area contributed by atoms with Crippen LogP contribution >= 0.6 is 0 Å². The van der Waals surface area contributed by atoms with Gasteiger partial charge in [-0.1, -0.05) is 0 Å². The Hall–Kier alpha value is -3.09. The number of benzene rings is 1. The molecule has 4 rings (SSSR count). The number of H-pyrrole nitrogens is 1. The maximum absolute atomic E-state index is 11.1. The lowest BCUT2D eigenvalue weighted by molar-refractivity contribution is 0.0994. The van der Waals surface area contributed by atoms with E-state index in [-0.39, 0.29) is 5.69 Å². The monoisotopic (exact) mass is 351 g/mol. The molecule has 0 unspecified atom stereocenters. The first-order valence-corrected chi connectivity index (χ1v) is 8.69. The number of fused-ring (bicyclic) bond motifs is 1. The Bertz CT molecular complexity index is 927. The van der Waals surface area contributed by atoms with E-state index in [9.17, 15) is 4.79 Å². The van der Waals surface area contributed by atoms with Gasteiger partial charge in [0.15, 0.2) is 11.5 Å². The Balaban J connectivity index is 1.49. The number of nitrogens with zero attached hydrogens (tertiary/aromatic N) is 3. The van der Waals surface area contributed by atoms with Gasteiger partial charge in [-0.25, -0.2) is 0 Å². The minimum absolute atomic E-state index is 0.191. The summed E-state index contributed by atoms with van der Waals surface area (Å²) in [5, 5.41) is 9.26. The largest absolute Gasteiger partial charge is 0.497 e. The molecule has 0 radical (unpaired) electrons. The van der Waals surface area contributed by atoms with E-state index in [0.29, 0.717) is 5.92 Å². The van der Waals surface area contributed by atoms with Crippen LogP contribution in [-0.4, -0.2) is 41.3 Å². The number of primary amides is 1. The number of rotatable bonds is 4. The number of piperidine rings is 1. The summed E-state index contributed by atoms with van der Waals surface area (Å²) in [7, 11) is 1.69. The number of hydrogen-bond acceptors (Lipinski definition) is 5. The highest BCUT2D eigenvalue weighted by Crippen LogP contribution is 2.35. The Kier molecular flexibility index (Phi) is 4.20. The SMILES string of the molecule is COc1ccc2[nH]cc(C3CCN(c4ccc(C(N)=O)nn4)CC3)c2c1. The van der Waals surface area contributed by atoms with Crippen molar-refractivity contribution < 1.29 is 9.53 Å².